The fourth-order valence-electron chi connectivity index (χ4n) is 2.06. The van der Waals surface area contributed by atoms with Gasteiger partial charge in [-0.05, 0) is 30.2 Å². The number of nitrogens with zero attached hydrogens (tertiary/aromatic N) is 2. The Morgan fingerprint density at radius 1 is 1.36 bits per heavy atom. The topological polar surface area (TPSA) is 76.1 Å². The summed E-state index contributed by atoms with van der Waals surface area (Å²) < 4.78 is 6.29. The number of fused-ring (bicyclic) bond motifs is 1. The Balaban J connectivity index is 1.41. The molecule has 0 saturated heterocycles. The molecule has 1 aromatic heterocycles. The highest BCUT2D eigenvalue weighted by atomic mass is 32.2. The van der Waals surface area contributed by atoms with E-state index in [4.69, 9.17) is 4.74 Å². The Labute approximate surface area is 136 Å². The fourth-order valence-corrected chi connectivity index (χ4v) is 3.81. The molecule has 0 fully saturated rings. The molecular formula is C14H16N4O2S2. The minimum Gasteiger partial charge on any atom is -0.372 e. The lowest BCUT2D eigenvalue weighted by atomic mass is 10.1. The van der Waals surface area contributed by atoms with Crippen molar-refractivity contribution in [2.45, 2.75) is 24.5 Å². The molecule has 0 saturated carbocycles. The molecule has 2 aromatic rings. The number of urea groups is 1. The zero-order valence-electron chi connectivity index (χ0n) is 12.1. The van der Waals surface area contributed by atoms with Crippen molar-refractivity contribution in [2.75, 3.05) is 17.6 Å². The maximum atomic E-state index is 11.8. The normalized spacial score (nSPS) is 13.0. The van der Waals surface area contributed by atoms with Crippen molar-refractivity contribution in [3.05, 3.63) is 34.3 Å². The molecule has 1 aliphatic rings. The highest BCUT2D eigenvalue weighted by Crippen LogP contribution is 2.23. The molecule has 0 bridgehead atoms. The molecule has 0 spiro atoms. The van der Waals surface area contributed by atoms with E-state index in [0.29, 0.717) is 19.8 Å². The number of aromatic nitrogens is 2. The van der Waals surface area contributed by atoms with Crippen molar-refractivity contribution in [3.63, 3.8) is 0 Å². The van der Waals surface area contributed by atoms with E-state index in [1.807, 2.05) is 25.1 Å². The van der Waals surface area contributed by atoms with E-state index in [1.54, 1.807) is 23.1 Å². The van der Waals surface area contributed by atoms with Crippen molar-refractivity contribution in [1.29, 1.82) is 0 Å². The number of nitrogens with one attached hydrogen (secondary N) is 2. The number of anilines is 1. The molecule has 0 radical (unpaired) electrons. The fraction of sp³-hybridized carbons (Fsp3) is 0.357. The van der Waals surface area contributed by atoms with Crippen molar-refractivity contribution in [3.8, 4) is 0 Å². The lowest BCUT2D eigenvalue weighted by Gasteiger charge is -2.08. The van der Waals surface area contributed by atoms with E-state index in [0.717, 1.165) is 26.4 Å². The van der Waals surface area contributed by atoms with Crippen LogP contribution in [0.2, 0.25) is 0 Å². The molecule has 8 heteroatoms. The summed E-state index contributed by atoms with van der Waals surface area (Å²) in [6.07, 6.45) is 0. The van der Waals surface area contributed by atoms with Crippen LogP contribution in [0, 0.1) is 6.92 Å². The quantitative estimate of drug-likeness (QED) is 0.648. The highest BCUT2D eigenvalue weighted by molar-refractivity contribution is 8.01. The van der Waals surface area contributed by atoms with E-state index >= 15 is 0 Å². The summed E-state index contributed by atoms with van der Waals surface area (Å²) >= 11 is 3.15. The molecule has 0 atom stereocenters. The largest absolute Gasteiger partial charge is 0.372 e. The number of hydrogen-bond acceptors (Lipinski definition) is 6. The van der Waals surface area contributed by atoms with Gasteiger partial charge in [0.15, 0.2) is 4.34 Å². The number of carbonyl (C=O) groups excluding carboxylic acids is 1. The summed E-state index contributed by atoms with van der Waals surface area (Å²) in [5.41, 5.74) is 3.11. The lowest BCUT2D eigenvalue weighted by Crippen LogP contribution is -2.30. The van der Waals surface area contributed by atoms with Crippen molar-refractivity contribution in [2.24, 2.45) is 0 Å². The minimum atomic E-state index is -0.201. The van der Waals surface area contributed by atoms with Crippen LogP contribution in [0.4, 0.5) is 10.5 Å². The Morgan fingerprint density at radius 2 is 2.23 bits per heavy atom. The molecule has 22 heavy (non-hydrogen) atoms. The van der Waals surface area contributed by atoms with Crippen LogP contribution < -0.4 is 10.6 Å². The van der Waals surface area contributed by atoms with Gasteiger partial charge in [0.2, 0.25) is 0 Å². The monoisotopic (exact) mass is 336 g/mol. The molecule has 0 unspecified atom stereocenters. The van der Waals surface area contributed by atoms with Gasteiger partial charge in [0.25, 0.3) is 0 Å². The van der Waals surface area contributed by atoms with Gasteiger partial charge in [-0.3, -0.25) is 0 Å². The van der Waals surface area contributed by atoms with Gasteiger partial charge in [-0.15, -0.1) is 10.2 Å². The molecule has 6 nitrogen and oxygen atoms in total. The number of aryl methyl sites for hydroxylation is 1. The summed E-state index contributed by atoms with van der Waals surface area (Å²) in [5, 5.41) is 14.6. The molecule has 2 heterocycles. The first-order chi connectivity index (χ1) is 10.7. The van der Waals surface area contributed by atoms with Gasteiger partial charge in [-0.25, -0.2) is 4.79 Å². The summed E-state index contributed by atoms with van der Waals surface area (Å²) in [6.45, 7) is 3.77. The molecule has 3 rings (SSSR count). The molecule has 1 aromatic carbocycles. The van der Waals surface area contributed by atoms with Gasteiger partial charge in [0, 0.05) is 18.0 Å². The first-order valence-corrected chi connectivity index (χ1v) is 8.68. The smallest absolute Gasteiger partial charge is 0.319 e. The van der Waals surface area contributed by atoms with Crippen LogP contribution in [0.3, 0.4) is 0 Å². The minimum absolute atomic E-state index is 0.201. The van der Waals surface area contributed by atoms with E-state index < -0.39 is 0 Å². The molecule has 116 valence electrons. The summed E-state index contributed by atoms with van der Waals surface area (Å²) in [6, 6.07) is 5.64. The zero-order chi connectivity index (χ0) is 15.4. The maximum absolute atomic E-state index is 11.8. The van der Waals surface area contributed by atoms with Gasteiger partial charge in [0.1, 0.15) is 5.01 Å². The second-order valence-electron chi connectivity index (χ2n) is 4.79. The number of rotatable bonds is 5. The van der Waals surface area contributed by atoms with Crippen LogP contribution in [-0.4, -0.2) is 28.5 Å². The van der Waals surface area contributed by atoms with Gasteiger partial charge in [-0.2, -0.15) is 0 Å². The number of amides is 2. The first kappa shape index (κ1) is 15.3. The van der Waals surface area contributed by atoms with Crippen LogP contribution in [0.1, 0.15) is 16.1 Å². The van der Waals surface area contributed by atoms with Crippen molar-refractivity contribution < 1.29 is 9.53 Å². The third kappa shape index (κ3) is 3.96. The van der Waals surface area contributed by atoms with E-state index in [1.165, 1.54) is 5.56 Å². The van der Waals surface area contributed by atoms with Crippen LogP contribution in [-0.2, 0) is 18.0 Å². The van der Waals surface area contributed by atoms with Crippen LogP contribution >= 0.6 is 23.1 Å². The summed E-state index contributed by atoms with van der Waals surface area (Å²) in [4.78, 5) is 11.8. The van der Waals surface area contributed by atoms with Crippen LogP contribution in [0.5, 0.6) is 0 Å². The van der Waals surface area contributed by atoms with Gasteiger partial charge < -0.3 is 15.4 Å². The van der Waals surface area contributed by atoms with E-state index in [2.05, 4.69) is 20.8 Å². The third-order valence-corrected chi connectivity index (χ3v) is 5.07. The summed E-state index contributed by atoms with van der Waals surface area (Å²) in [5.74, 6) is 0.764. The third-order valence-electron chi connectivity index (χ3n) is 3.10. The average Bonchev–Trinajstić information content (AvgIpc) is 3.12. The van der Waals surface area contributed by atoms with Crippen molar-refractivity contribution >= 4 is 34.8 Å². The second-order valence-corrected chi connectivity index (χ2v) is 7.32. The molecule has 0 aliphatic carbocycles. The highest BCUT2D eigenvalue weighted by Gasteiger charge is 2.12. The summed E-state index contributed by atoms with van der Waals surface area (Å²) in [7, 11) is 0. The van der Waals surface area contributed by atoms with E-state index in [-0.39, 0.29) is 6.03 Å². The predicted octanol–water partition coefficient (Wildman–Crippen LogP) is 2.79. The maximum Gasteiger partial charge on any atom is 0.319 e. The molecular weight excluding hydrogens is 320 g/mol. The average molecular weight is 336 g/mol. The Kier molecular flexibility index (Phi) is 4.91. The Morgan fingerprint density at radius 3 is 3.05 bits per heavy atom. The first-order valence-electron chi connectivity index (χ1n) is 6.88. The molecule has 1 aliphatic heterocycles. The molecule has 2 amide bonds. The number of carbonyl (C=O) groups is 1. The van der Waals surface area contributed by atoms with Gasteiger partial charge in [-0.1, -0.05) is 29.2 Å². The molecule has 2 N–H and O–H groups in total. The number of thioether (sulfide) groups is 1. The Bertz CT molecular complexity index is 675. The van der Waals surface area contributed by atoms with Crippen molar-refractivity contribution in [1.82, 2.24) is 15.5 Å². The standard InChI is InChI=1S/C14H16N4O2S2/c1-9-17-18-14(22-9)21-5-4-15-13(19)16-12-3-2-10-7-20-8-11(10)6-12/h2-3,6H,4-5,7-8H2,1H3,(H2,15,16,19). The van der Waals surface area contributed by atoms with Gasteiger partial charge in [0.05, 0.1) is 13.2 Å². The zero-order valence-corrected chi connectivity index (χ0v) is 13.7. The second kappa shape index (κ2) is 7.08. The SMILES string of the molecule is Cc1nnc(SCCNC(=O)Nc2ccc3c(c2)COC3)s1. The Hall–Kier alpha value is -1.64. The van der Waals surface area contributed by atoms with E-state index in [9.17, 15) is 4.79 Å². The number of benzene rings is 1. The predicted molar refractivity (Wildman–Crippen MR) is 87.3 cm³/mol. The number of hydrogen-bond donors (Lipinski definition) is 2. The van der Waals surface area contributed by atoms with Gasteiger partial charge >= 0.3 is 6.03 Å². The number of ether oxygens (including phenoxy) is 1. The van der Waals surface area contributed by atoms with Crippen LogP contribution in [0.15, 0.2) is 22.5 Å². The van der Waals surface area contributed by atoms with Crippen LogP contribution in [0.25, 0.3) is 0 Å². The lowest BCUT2D eigenvalue weighted by molar-refractivity contribution is 0.134.